The molecule has 0 saturated heterocycles. The van der Waals surface area contributed by atoms with Crippen LogP contribution in [0, 0.1) is 0 Å². The van der Waals surface area contributed by atoms with Crippen molar-refractivity contribution in [2.24, 2.45) is 0 Å². The summed E-state index contributed by atoms with van der Waals surface area (Å²) in [5.74, 6) is 0.433. The van der Waals surface area contributed by atoms with Crippen LogP contribution in [0.1, 0.15) is 65.2 Å². The van der Waals surface area contributed by atoms with Gasteiger partial charge in [-0.15, -0.1) is 0 Å². The van der Waals surface area contributed by atoms with E-state index in [4.69, 9.17) is 0 Å². The van der Waals surface area contributed by atoms with E-state index in [-0.39, 0.29) is 10.8 Å². The smallest absolute Gasteiger partial charge is 0.119 e. The second-order valence-electron chi connectivity index (χ2n) is 6.88. The highest BCUT2D eigenvalue weighted by Crippen LogP contribution is 2.37. The second-order valence-corrected chi connectivity index (χ2v) is 6.88. The fourth-order valence-corrected chi connectivity index (χ4v) is 2.22. The van der Waals surface area contributed by atoms with Gasteiger partial charge in [0.1, 0.15) is 5.75 Å². The molecule has 0 amide bonds. The minimum atomic E-state index is -0.0175. The molecule has 0 aliphatic heterocycles. The average molecular weight is 234 g/mol. The summed E-state index contributed by atoms with van der Waals surface area (Å²) in [4.78, 5) is 0. The van der Waals surface area contributed by atoms with E-state index in [2.05, 4.69) is 54.5 Å². The van der Waals surface area contributed by atoms with Crippen LogP contribution < -0.4 is 0 Å². The van der Waals surface area contributed by atoms with Crippen LogP contribution in [0.15, 0.2) is 12.1 Å². The van der Waals surface area contributed by atoms with Crippen molar-refractivity contribution in [2.45, 2.75) is 65.7 Å². The van der Waals surface area contributed by atoms with Gasteiger partial charge < -0.3 is 5.11 Å². The van der Waals surface area contributed by atoms with Crippen LogP contribution in [0.2, 0.25) is 0 Å². The summed E-state index contributed by atoms with van der Waals surface area (Å²) in [6.45, 7) is 15.2. The minimum absolute atomic E-state index is 0.0175. The maximum Gasteiger partial charge on any atom is 0.119 e. The standard InChI is InChI=1S/C16H26O/c1-8-11-9-14(17)13(16(5,6)7)10-12(11)15(2,3)4/h9-10,17H,8H2,1-7H3. The van der Waals surface area contributed by atoms with E-state index in [1.807, 2.05) is 6.07 Å². The van der Waals surface area contributed by atoms with Crippen molar-refractivity contribution in [1.82, 2.24) is 0 Å². The summed E-state index contributed by atoms with van der Waals surface area (Å²) in [5, 5.41) is 10.1. The number of hydrogen-bond donors (Lipinski definition) is 1. The summed E-state index contributed by atoms with van der Waals surface area (Å²) in [6, 6.07) is 4.13. The Morgan fingerprint density at radius 2 is 1.35 bits per heavy atom. The van der Waals surface area contributed by atoms with Gasteiger partial charge in [-0.1, -0.05) is 54.5 Å². The van der Waals surface area contributed by atoms with Gasteiger partial charge in [0.2, 0.25) is 0 Å². The highest BCUT2D eigenvalue weighted by Gasteiger charge is 2.24. The van der Waals surface area contributed by atoms with E-state index in [1.54, 1.807) is 0 Å². The molecule has 0 aliphatic rings. The largest absolute Gasteiger partial charge is 0.508 e. The predicted octanol–water partition coefficient (Wildman–Crippen LogP) is 4.55. The van der Waals surface area contributed by atoms with Crippen LogP contribution in [0.25, 0.3) is 0 Å². The third-order valence-corrected chi connectivity index (χ3v) is 3.22. The molecular formula is C16H26O. The van der Waals surface area contributed by atoms with Crippen LogP contribution in [-0.2, 0) is 17.3 Å². The lowest BCUT2D eigenvalue weighted by atomic mass is 9.77. The first-order chi connectivity index (χ1) is 7.57. The summed E-state index contributed by atoms with van der Waals surface area (Å²) in [7, 11) is 0. The molecule has 96 valence electrons. The zero-order valence-corrected chi connectivity index (χ0v) is 12.3. The van der Waals surface area contributed by atoms with Crippen LogP contribution in [0.4, 0.5) is 0 Å². The highest BCUT2D eigenvalue weighted by molar-refractivity contribution is 5.47. The first-order valence-electron chi connectivity index (χ1n) is 6.44. The van der Waals surface area contributed by atoms with Crippen molar-refractivity contribution in [3.63, 3.8) is 0 Å². The Balaban J connectivity index is 3.49. The molecule has 0 fully saturated rings. The Morgan fingerprint density at radius 1 is 0.882 bits per heavy atom. The van der Waals surface area contributed by atoms with Gasteiger partial charge in [0.25, 0.3) is 0 Å². The third kappa shape index (κ3) is 3.02. The first kappa shape index (κ1) is 14.1. The zero-order chi connectivity index (χ0) is 13.4. The summed E-state index contributed by atoms with van der Waals surface area (Å²) in [5.41, 5.74) is 3.75. The van der Waals surface area contributed by atoms with Gasteiger partial charge in [-0.3, -0.25) is 0 Å². The van der Waals surface area contributed by atoms with Crippen LogP contribution in [-0.4, -0.2) is 5.11 Å². The van der Waals surface area contributed by atoms with E-state index >= 15 is 0 Å². The van der Waals surface area contributed by atoms with Gasteiger partial charge >= 0.3 is 0 Å². The van der Waals surface area contributed by atoms with Gasteiger partial charge in [0, 0.05) is 0 Å². The number of hydrogen-bond acceptors (Lipinski definition) is 1. The van der Waals surface area contributed by atoms with E-state index < -0.39 is 0 Å². The molecule has 17 heavy (non-hydrogen) atoms. The number of aromatic hydroxyl groups is 1. The Morgan fingerprint density at radius 3 is 1.71 bits per heavy atom. The summed E-state index contributed by atoms with van der Waals surface area (Å²) < 4.78 is 0. The molecule has 0 spiro atoms. The van der Waals surface area contributed by atoms with Crippen molar-refractivity contribution in [2.75, 3.05) is 0 Å². The normalized spacial score (nSPS) is 12.9. The maximum absolute atomic E-state index is 10.1. The van der Waals surface area contributed by atoms with E-state index in [0.717, 1.165) is 12.0 Å². The Kier molecular flexibility index (Phi) is 3.61. The molecule has 0 atom stereocenters. The van der Waals surface area contributed by atoms with Crippen molar-refractivity contribution in [3.8, 4) is 5.75 Å². The third-order valence-electron chi connectivity index (χ3n) is 3.22. The van der Waals surface area contributed by atoms with Gasteiger partial charge in [-0.2, -0.15) is 0 Å². The zero-order valence-electron chi connectivity index (χ0n) is 12.3. The number of rotatable bonds is 1. The predicted molar refractivity (Wildman–Crippen MR) is 74.9 cm³/mol. The summed E-state index contributed by atoms with van der Waals surface area (Å²) in [6.07, 6.45) is 0.963. The lowest BCUT2D eigenvalue weighted by molar-refractivity contribution is 0.443. The van der Waals surface area contributed by atoms with Crippen molar-refractivity contribution >= 4 is 0 Å². The van der Waals surface area contributed by atoms with Gasteiger partial charge in [-0.05, 0) is 40.0 Å². The van der Waals surface area contributed by atoms with Crippen LogP contribution >= 0.6 is 0 Å². The maximum atomic E-state index is 10.1. The van der Waals surface area contributed by atoms with Gasteiger partial charge in [-0.25, -0.2) is 0 Å². The Hall–Kier alpha value is -0.980. The fraction of sp³-hybridized carbons (Fsp3) is 0.625. The molecule has 0 heterocycles. The average Bonchev–Trinajstić information content (AvgIpc) is 2.13. The SMILES string of the molecule is CCc1cc(O)c(C(C)(C)C)cc1C(C)(C)C. The molecule has 0 aliphatic carbocycles. The molecule has 1 rings (SSSR count). The van der Waals surface area contributed by atoms with Gasteiger partial charge in [0.15, 0.2) is 0 Å². The fourth-order valence-electron chi connectivity index (χ4n) is 2.22. The molecule has 0 saturated carbocycles. The molecule has 1 aromatic rings. The molecule has 0 unspecified atom stereocenters. The van der Waals surface area contributed by atoms with Crippen LogP contribution in [0.5, 0.6) is 5.75 Å². The molecule has 1 aromatic carbocycles. The number of phenolic OH excluding ortho intramolecular Hbond substituents is 1. The van der Waals surface area contributed by atoms with E-state index in [9.17, 15) is 5.11 Å². The topological polar surface area (TPSA) is 20.2 Å². The molecule has 1 heteroatoms. The lowest BCUT2D eigenvalue weighted by Gasteiger charge is -2.28. The molecule has 0 bridgehead atoms. The number of benzene rings is 1. The number of phenols is 1. The molecule has 1 nitrogen and oxygen atoms in total. The van der Waals surface area contributed by atoms with Gasteiger partial charge in [0.05, 0.1) is 0 Å². The second kappa shape index (κ2) is 4.36. The number of aryl methyl sites for hydroxylation is 1. The monoisotopic (exact) mass is 234 g/mol. The Labute approximate surface area is 106 Å². The van der Waals surface area contributed by atoms with Crippen LogP contribution in [0.3, 0.4) is 0 Å². The molecule has 0 aromatic heterocycles. The molecular weight excluding hydrogens is 208 g/mol. The van der Waals surface area contributed by atoms with Crippen molar-refractivity contribution < 1.29 is 5.11 Å². The molecule has 0 radical (unpaired) electrons. The van der Waals surface area contributed by atoms with E-state index in [1.165, 1.54) is 11.1 Å². The minimum Gasteiger partial charge on any atom is -0.508 e. The first-order valence-corrected chi connectivity index (χ1v) is 6.44. The summed E-state index contributed by atoms with van der Waals surface area (Å²) >= 11 is 0. The van der Waals surface area contributed by atoms with Crippen molar-refractivity contribution in [1.29, 1.82) is 0 Å². The molecule has 1 N–H and O–H groups in total. The quantitative estimate of drug-likeness (QED) is 0.756. The Bertz CT molecular complexity index is 403. The highest BCUT2D eigenvalue weighted by atomic mass is 16.3. The van der Waals surface area contributed by atoms with Crippen molar-refractivity contribution in [3.05, 3.63) is 28.8 Å². The lowest BCUT2D eigenvalue weighted by Crippen LogP contribution is -2.18. The van der Waals surface area contributed by atoms with E-state index in [0.29, 0.717) is 5.75 Å².